The van der Waals surface area contributed by atoms with Crippen molar-refractivity contribution in [2.45, 2.75) is 40.2 Å². The van der Waals surface area contributed by atoms with Crippen LogP contribution in [0.15, 0.2) is 16.6 Å². The fourth-order valence-corrected chi connectivity index (χ4v) is 2.46. The summed E-state index contributed by atoms with van der Waals surface area (Å²) in [4.78, 5) is 0. The fraction of sp³-hybridized carbons (Fsp3) is 0.571. The predicted octanol–water partition coefficient (Wildman–Crippen LogP) is 5.33. The van der Waals surface area contributed by atoms with Gasteiger partial charge in [0.2, 0.25) is 0 Å². The van der Waals surface area contributed by atoms with Crippen molar-refractivity contribution in [1.29, 1.82) is 0 Å². The molecule has 0 saturated heterocycles. The molecule has 1 aromatic rings. The molecule has 4 heteroatoms. The second-order valence-corrected chi connectivity index (χ2v) is 6.38. The number of hydrogen-bond donors (Lipinski definition) is 1. The second-order valence-electron chi connectivity index (χ2n) is 5.12. The van der Waals surface area contributed by atoms with Crippen LogP contribution in [0.2, 0.25) is 5.02 Å². The van der Waals surface area contributed by atoms with Crippen LogP contribution in [-0.4, -0.2) is 6.54 Å². The first-order valence-corrected chi connectivity index (χ1v) is 7.38. The highest BCUT2D eigenvalue weighted by molar-refractivity contribution is 9.10. The van der Waals surface area contributed by atoms with Crippen molar-refractivity contribution in [3.05, 3.63) is 33.0 Å². The number of halogens is 3. The molecule has 0 aliphatic heterocycles. The van der Waals surface area contributed by atoms with Gasteiger partial charge in [0.05, 0.1) is 5.02 Å². The van der Waals surface area contributed by atoms with Gasteiger partial charge in [-0.15, -0.1) is 0 Å². The van der Waals surface area contributed by atoms with Gasteiger partial charge in [0.25, 0.3) is 0 Å². The molecule has 102 valence electrons. The SMILES string of the molecule is CCNC(c1cc(Cl)c(Br)cc1F)C(C)(C)CC. The average molecular weight is 337 g/mol. The molecule has 0 heterocycles. The summed E-state index contributed by atoms with van der Waals surface area (Å²) in [6.45, 7) is 9.20. The zero-order valence-corrected chi connectivity index (χ0v) is 13.6. The minimum absolute atomic E-state index is 0.0337. The lowest BCUT2D eigenvalue weighted by Crippen LogP contribution is -2.34. The van der Waals surface area contributed by atoms with Crippen LogP contribution >= 0.6 is 27.5 Å². The molecule has 0 radical (unpaired) electrons. The van der Waals surface area contributed by atoms with Gasteiger partial charge in [0.15, 0.2) is 0 Å². The van der Waals surface area contributed by atoms with E-state index >= 15 is 0 Å². The van der Waals surface area contributed by atoms with E-state index in [2.05, 4.69) is 42.0 Å². The highest BCUT2D eigenvalue weighted by atomic mass is 79.9. The Morgan fingerprint density at radius 1 is 1.39 bits per heavy atom. The first-order valence-electron chi connectivity index (χ1n) is 6.21. The van der Waals surface area contributed by atoms with Crippen molar-refractivity contribution < 1.29 is 4.39 Å². The van der Waals surface area contributed by atoms with Gasteiger partial charge >= 0.3 is 0 Å². The first kappa shape index (κ1) is 15.9. The fourth-order valence-electron chi connectivity index (χ4n) is 1.97. The number of benzene rings is 1. The molecule has 0 fully saturated rings. The molecule has 0 bridgehead atoms. The van der Waals surface area contributed by atoms with E-state index in [-0.39, 0.29) is 17.3 Å². The Hall–Kier alpha value is -0.120. The van der Waals surface area contributed by atoms with Crippen LogP contribution in [0.4, 0.5) is 4.39 Å². The molecule has 0 aliphatic carbocycles. The van der Waals surface area contributed by atoms with E-state index in [1.807, 2.05) is 6.92 Å². The van der Waals surface area contributed by atoms with Crippen LogP contribution < -0.4 is 5.32 Å². The maximum atomic E-state index is 14.1. The van der Waals surface area contributed by atoms with Crippen LogP contribution in [0.1, 0.15) is 45.7 Å². The van der Waals surface area contributed by atoms with Gasteiger partial charge in [-0.05, 0) is 46.4 Å². The van der Waals surface area contributed by atoms with Gasteiger partial charge in [0.1, 0.15) is 5.82 Å². The molecular weight excluding hydrogens is 317 g/mol. The third-order valence-corrected chi connectivity index (χ3v) is 4.65. The van der Waals surface area contributed by atoms with Gasteiger partial charge < -0.3 is 5.32 Å². The summed E-state index contributed by atoms with van der Waals surface area (Å²) in [5.74, 6) is -0.223. The van der Waals surface area contributed by atoms with Crippen molar-refractivity contribution in [2.24, 2.45) is 5.41 Å². The average Bonchev–Trinajstić information content (AvgIpc) is 2.31. The molecule has 0 aliphatic rings. The monoisotopic (exact) mass is 335 g/mol. The lowest BCUT2D eigenvalue weighted by atomic mass is 9.78. The van der Waals surface area contributed by atoms with Crippen LogP contribution in [0.3, 0.4) is 0 Å². The van der Waals surface area contributed by atoms with Gasteiger partial charge in [-0.3, -0.25) is 0 Å². The Morgan fingerprint density at radius 2 is 2.00 bits per heavy atom. The predicted molar refractivity (Wildman–Crippen MR) is 79.6 cm³/mol. The molecular formula is C14H20BrClFN. The number of hydrogen-bond acceptors (Lipinski definition) is 1. The second kappa shape index (κ2) is 6.36. The number of nitrogens with one attached hydrogen (secondary N) is 1. The van der Waals surface area contributed by atoms with E-state index < -0.39 is 0 Å². The molecule has 1 aromatic carbocycles. The maximum Gasteiger partial charge on any atom is 0.129 e. The summed E-state index contributed by atoms with van der Waals surface area (Å²) in [5, 5.41) is 3.91. The Bertz CT molecular complexity index is 421. The molecule has 18 heavy (non-hydrogen) atoms. The summed E-state index contributed by atoms with van der Waals surface area (Å²) in [6, 6.07) is 3.11. The Balaban J connectivity index is 3.26. The van der Waals surface area contributed by atoms with Crippen molar-refractivity contribution in [3.63, 3.8) is 0 Å². The third kappa shape index (κ3) is 3.46. The number of rotatable bonds is 5. The molecule has 1 N–H and O–H groups in total. The Kier molecular flexibility index (Phi) is 5.63. The van der Waals surface area contributed by atoms with E-state index in [0.717, 1.165) is 13.0 Å². The first-order chi connectivity index (χ1) is 8.33. The summed E-state index contributed by atoms with van der Waals surface area (Å²) in [7, 11) is 0. The van der Waals surface area contributed by atoms with Crippen LogP contribution in [0.25, 0.3) is 0 Å². The van der Waals surface area contributed by atoms with E-state index in [1.165, 1.54) is 6.07 Å². The largest absolute Gasteiger partial charge is 0.310 e. The molecule has 0 spiro atoms. The van der Waals surface area contributed by atoms with Crippen molar-refractivity contribution in [2.75, 3.05) is 6.54 Å². The van der Waals surface area contributed by atoms with Crippen molar-refractivity contribution >= 4 is 27.5 Å². The normalized spacial score (nSPS) is 13.7. The van der Waals surface area contributed by atoms with Gasteiger partial charge in [-0.25, -0.2) is 4.39 Å². The van der Waals surface area contributed by atoms with Gasteiger partial charge in [0, 0.05) is 16.1 Å². The zero-order chi connectivity index (χ0) is 13.9. The summed E-state index contributed by atoms with van der Waals surface area (Å²) in [5.41, 5.74) is 0.602. The minimum atomic E-state index is -0.223. The molecule has 1 nitrogen and oxygen atoms in total. The standard InChI is InChI=1S/C14H20BrClFN/c1-5-14(3,4)13(18-6-2)9-7-11(16)10(15)8-12(9)17/h7-8,13,18H,5-6H2,1-4H3. The highest BCUT2D eigenvalue weighted by Gasteiger charge is 2.30. The lowest BCUT2D eigenvalue weighted by Gasteiger charge is -2.35. The molecule has 0 amide bonds. The van der Waals surface area contributed by atoms with Crippen LogP contribution in [-0.2, 0) is 0 Å². The molecule has 0 aromatic heterocycles. The topological polar surface area (TPSA) is 12.0 Å². The van der Waals surface area contributed by atoms with E-state index in [9.17, 15) is 4.39 Å². The van der Waals surface area contributed by atoms with Crippen LogP contribution in [0, 0.1) is 11.2 Å². The van der Waals surface area contributed by atoms with Crippen LogP contribution in [0.5, 0.6) is 0 Å². The summed E-state index contributed by atoms with van der Waals surface area (Å²) in [6.07, 6.45) is 0.956. The Labute approximate surface area is 122 Å². The summed E-state index contributed by atoms with van der Waals surface area (Å²) >= 11 is 9.33. The van der Waals surface area contributed by atoms with Crippen molar-refractivity contribution in [3.8, 4) is 0 Å². The molecule has 1 atom stereocenters. The quantitative estimate of drug-likeness (QED) is 0.717. The lowest BCUT2D eigenvalue weighted by molar-refractivity contribution is 0.232. The van der Waals surface area contributed by atoms with E-state index in [0.29, 0.717) is 15.1 Å². The molecule has 1 rings (SSSR count). The molecule has 0 saturated carbocycles. The van der Waals surface area contributed by atoms with E-state index in [4.69, 9.17) is 11.6 Å². The smallest absolute Gasteiger partial charge is 0.129 e. The third-order valence-electron chi connectivity index (χ3n) is 3.45. The minimum Gasteiger partial charge on any atom is -0.310 e. The van der Waals surface area contributed by atoms with Gasteiger partial charge in [-0.1, -0.05) is 39.3 Å². The molecule has 1 unspecified atom stereocenters. The Morgan fingerprint density at radius 3 is 2.50 bits per heavy atom. The van der Waals surface area contributed by atoms with Crippen molar-refractivity contribution in [1.82, 2.24) is 5.32 Å². The summed E-state index contributed by atoms with van der Waals surface area (Å²) < 4.78 is 14.7. The van der Waals surface area contributed by atoms with E-state index in [1.54, 1.807) is 6.07 Å². The highest BCUT2D eigenvalue weighted by Crippen LogP contribution is 2.39. The maximum absolute atomic E-state index is 14.1. The van der Waals surface area contributed by atoms with Gasteiger partial charge in [-0.2, -0.15) is 0 Å². The zero-order valence-electron chi connectivity index (χ0n) is 11.3.